The summed E-state index contributed by atoms with van der Waals surface area (Å²) >= 11 is 0. The van der Waals surface area contributed by atoms with E-state index in [1.54, 1.807) is 12.1 Å². The number of hydrogen-bond donors (Lipinski definition) is 1. The van der Waals surface area contributed by atoms with Crippen LogP contribution in [-0.4, -0.2) is 17.7 Å². The van der Waals surface area contributed by atoms with Crippen LogP contribution in [0.5, 0.6) is 0 Å². The van der Waals surface area contributed by atoms with Crippen LogP contribution in [0.4, 0.5) is 4.39 Å². The molecule has 1 heterocycles. The van der Waals surface area contributed by atoms with E-state index in [4.69, 9.17) is 4.84 Å². The van der Waals surface area contributed by atoms with Crippen molar-refractivity contribution in [2.75, 3.05) is 0 Å². The first kappa shape index (κ1) is 20.1. The number of nitrogens with one attached hydrogen (secondary N) is 1. The normalized spacial score (nSPS) is 18.1. The number of halogens is 1. The number of carbonyl (C=O) groups excluding carboxylic acids is 1. The van der Waals surface area contributed by atoms with E-state index >= 15 is 0 Å². The molecule has 148 valence electrons. The summed E-state index contributed by atoms with van der Waals surface area (Å²) in [5, 5.41) is 7.09. The number of rotatable bonds is 7. The molecule has 0 fully saturated rings. The molecule has 1 aliphatic rings. The summed E-state index contributed by atoms with van der Waals surface area (Å²) in [6, 6.07) is 14.4. The molecule has 0 bridgehead atoms. The predicted octanol–water partition coefficient (Wildman–Crippen LogP) is 5.10. The molecule has 28 heavy (non-hydrogen) atoms. The molecule has 0 saturated heterocycles. The second kappa shape index (κ2) is 9.00. The van der Waals surface area contributed by atoms with Crippen molar-refractivity contribution >= 4 is 11.6 Å². The van der Waals surface area contributed by atoms with Crippen LogP contribution in [0.3, 0.4) is 0 Å². The summed E-state index contributed by atoms with van der Waals surface area (Å²) in [5.74, 6) is 0.0408. The van der Waals surface area contributed by atoms with Crippen LogP contribution >= 0.6 is 0 Å². The van der Waals surface area contributed by atoms with Gasteiger partial charge in [-0.1, -0.05) is 62.3 Å². The van der Waals surface area contributed by atoms with E-state index in [2.05, 4.69) is 48.6 Å². The van der Waals surface area contributed by atoms with Gasteiger partial charge in [0.1, 0.15) is 5.82 Å². The van der Waals surface area contributed by atoms with E-state index in [1.165, 1.54) is 17.7 Å². The number of amides is 1. The van der Waals surface area contributed by atoms with Crippen LogP contribution < -0.4 is 5.32 Å². The summed E-state index contributed by atoms with van der Waals surface area (Å²) in [4.78, 5) is 18.0. The fourth-order valence-corrected chi connectivity index (χ4v) is 3.31. The smallest absolute Gasteiger partial charge is 0.264 e. The maximum atomic E-state index is 13.1. The maximum Gasteiger partial charge on any atom is 0.264 e. The highest BCUT2D eigenvalue weighted by Crippen LogP contribution is 2.24. The second-order valence-electron chi connectivity index (χ2n) is 7.29. The largest absolute Gasteiger partial charge is 0.382 e. The minimum Gasteiger partial charge on any atom is -0.382 e. The second-order valence-corrected chi connectivity index (χ2v) is 7.29. The quantitative estimate of drug-likeness (QED) is 0.724. The molecule has 0 spiro atoms. The van der Waals surface area contributed by atoms with Crippen molar-refractivity contribution in [1.82, 2.24) is 5.32 Å². The van der Waals surface area contributed by atoms with Gasteiger partial charge in [-0.05, 0) is 47.6 Å². The third kappa shape index (κ3) is 4.58. The first-order valence-electron chi connectivity index (χ1n) is 9.90. The Balaban J connectivity index is 1.61. The number of carbonyl (C=O) groups is 1. The molecular formula is C23H27FN2O2. The average Bonchev–Trinajstić information content (AvgIpc) is 3.22. The number of nitrogens with zero attached hydrogens (tertiary/aromatic N) is 1. The number of oxime groups is 1. The van der Waals surface area contributed by atoms with Gasteiger partial charge in [-0.3, -0.25) is 4.79 Å². The van der Waals surface area contributed by atoms with E-state index in [0.717, 1.165) is 24.0 Å². The molecule has 1 amide bonds. The van der Waals surface area contributed by atoms with Gasteiger partial charge in [0.25, 0.3) is 5.91 Å². The molecule has 0 aromatic heterocycles. The fourth-order valence-electron chi connectivity index (χ4n) is 3.31. The van der Waals surface area contributed by atoms with Gasteiger partial charge in [0.15, 0.2) is 0 Å². The predicted molar refractivity (Wildman–Crippen MR) is 109 cm³/mol. The third-order valence-corrected chi connectivity index (χ3v) is 5.38. The number of hydrogen-bond acceptors (Lipinski definition) is 3. The van der Waals surface area contributed by atoms with E-state index in [1.807, 2.05) is 6.92 Å². The first-order chi connectivity index (χ1) is 13.5. The summed E-state index contributed by atoms with van der Waals surface area (Å²) < 4.78 is 13.1. The topological polar surface area (TPSA) is 50.7 Å². The molecule has 3 atom stereocenters. The van der Waals surface area contributed by atoms with Crippen molar-refractivity contribution in [3.05, 3.63) is 71.0 Å². The van der Waals surface area contributed by atoms with Gasteiger partial charge >= 0.3 is 0 Å². The van der Waals surface area contributed by atoms with Crippen molar-refractivity contribution in [1.29, 1.82) is 0 Å². The van der Waals surface area contributed by atoms with E-state index in [9.17, 15) is 9.18 Å². The minimum absolute atomic E-state index is 0.0723. The zero-order valence-electron chi connectivity index (χ0n) is 16.6. The Kier molecular flexibility index (Phi) is 6.45. The molecule has 3 rings (SSSR count). The summed E-state index contributed by atoms with van der Waals surface area (Å²) in [5.41, 5.74) is 3.82. The molecule has 1 aliphatic heterocycles. The van der Waals surface area contributed by atoms with Gasteiger partial charge < -0.3 is 10.2 Å². The van der Waals surface area contributed by atoms with Gasteiger partial charge in [0.05, 0.1) is 11.8 Å². The lowest BCUT2D eigenvalue weighted by Gasteiger charge is -2.20. The Hall–Kier alpha value is -2.69. The zero-order valence-corrected chi connectivity index (χ0v) is 16.6. The fraction of sp³-hybridized carbons (Fsp3) is 0.391. The van der Waals surface area contributed by atoms with Crippen molar-refractivity contribution < 1.29 is 14.0 Å². The van der Waals surface area contributed by atoms with E-state index < -0.39 is 6.10 Å². The highest BCUT2D eigenvalue weighted by atomic mass is 19.1. The standard InChI is InChI=1S/C23H27FN2O2/c1-4-15(3)16-6-8-17(9-7-16)20(5-2)25-23(27)22-14-21(26-28-22)18-10-12-19(24)13-11-18/h6-13,15,20,22H,4-5,14H2,1-3H3,(H,25,27). The molecule has 2 aromatic carbocycles. The van der Waals surface area contributed by atoms with E-state index in [0.29, 0.717) is 18.1 Å². The van der Waals surface area contributed by atoms with Gasteiger partial charge in [0.2, 0.25) is 6.10 Å². The van der Waals surface area contributed by atoms with Crippen LogP contribution in [-0.2, 0) is 9.63 Å². The SMILES string of the molecule is CCC(C)c1ccc(C(CC)NC(=O)C2CC(c3ccc(F)cc3)=NO2)cc1. The Morgan fingerprint density at radius 1 is 1.11 bits per heavy atom. The zero-order chi connectivity index (χ0) is 20.1. The Morgan fingerprint density at radius 2 is 1.75 bits per heavy atom. The lowest BCUT2D eigenvalue weighted by atomic mass is 9.95. The van der Waals surface area contributed by atoms with Crippen LogP contribution in [0, 0.1) is 5.82 Å². The lowest BCUT2D eigenvalue weighted by Crippen LogP contribution is -2.37. The molecule has 4 nitrogen and oxygen atoms in total. The Labute approximate surface area is 165 Å². The summed E-state index contributed by atoms with van der Waals surface area (Å²) in [6.07, 6.45) is 1.60. The highest BCUT2D eigenvalue weighted by Gasteiger charge is 2.30. The highest BCUT2D eigenvalue weighted by molar-refractivity contribution is 6.04. The van der Waals surface area contributed by atoms with Crippen LogP contribution in [0.25, 0.3) is 0 Å². The molecule has 3 unspecified atom stereocenters. The van der Waals surface area contributed by atoms with Crippen molar-refractivity contribution in [3.8, 4) is 0 Å². The molecule has 0 radical (unpaired) electrons. The van der Waals surface area contributed by atoms with Gasteiger partial charge in [0, 0.05) is 6.42 Å². The van der Waals surface area contributed by atoms with Crippen LogP contribution in [0.1, 0.15) is 68.7 Å². The van der Waals surface area contributed by atoms with Crippen LogP contribution in [0.15, 0.2) is 53.7 Å². The minimum atomic E-state index is -0.659. The number of benzene rings is 2. The maximum absolute atomic E-state index is 13.1. The van der Waals surface area contributed by atoms with Crippen molar-refractivity contribution in [2.45, 2.75) is 58.1 Å². The van der Waals surface area contributed by atoms with Gasteiger partial charge in [-0.15, -0.1) is 0 Å². The van der Waals surface area contributed by atoms with Gasteiger partial charge in [-0.25, -0.2) is 4.39 Å². The lowest BCUT2D eigenvalue weighted by molar-refractivity contribution is -0.132. The monoisotopic (exact) mass is 382 g/mol. The molecule has 0 aliphatic carbocycles. The molecular weight excluding hydrogens is 355 g/mol. The van der Waals surface area contributed by atoms with Crippen LogP contribution in [0.2, 0.25) is 0 Å². The Morgan fingerprint density at radius 3 is 2.36 bits per heavy atom. The Bertz CT molecular complexity index is 831. The summed E-state index contributed by atoms with van der Waals surface area (Å²) in [7, 11) is 0. The molecule has 0 saturated carbocycles. The molecule has 1 N–H and O–H groups in total. The van der Waals surface area contributed by atoms with Crippen molar-refractivity contribution in [2.24, 2.45) is 5.16 Å². The average molecular weight is 382 g/mol. The molecule has 2 aromatic rings. The van der Waals surface area contributed by atoms with Gasteiger partial charge in [-0.2, -0.15) is 0 Å². The summed E-state index contributed by atoms with van der Waals surface area (Å²) in [6.45, 7) is 6.44. The first-order valence-corrected chi connectivity index (χ1v) is 9.90. The van der Waals surface area contributed by atoms with Crippen molar-refractivity contribution in [3.63, 3.8) is 0 Å². The van der Waals surface area contributed by atoms with E-state index in [-0.39, 0.29) is 17.8 Å². The molecule has 5 heteroatoms. The third-order valence-electron chi connectivity index (χ3n) is 5.38.